The Hall–Kier alpha value is -2.42. The number of fused-ring (bicyclic) bond motifs is 2. The van der Waals surface area contributed by atoms with Gasteiger partial charge in [0.05, 0.1) is 22.3 Å². The molecular weight excluding hydrogens is 373 g/mol. The molecule has 26 heavy (non-hydrogen) atoms. The molecule has 4 aromatic rings. The molecule has 0 atom stereocenters. The summed E-state index contributed by atoms with van der Waals surface area (Å²) < 4.78 is 41.4. The molecule has 0 saturated heterocycles. The number of thiazole rings is 1. The van der Waals surface area contributed by atoms with Crippen LogP contribution in [0.1, 0.15) is 5.01 Å². The van der Waals surface area contributed by atoms with Gasteiger partial charge in [-0.1, -0.05) is 12.1 Å². The molecule has 0 saturated carbocycles. The van der Waals surface area contributed by atoms with Crippen LogP contribution in [0, 0.1) is 5.82 Å². The van der Waals surface area contributed by atoms with Crippen molar-refractivity contribution in [3.8, 4) is 0 Å². The van der Waals surface area contributed by atoms with Crippen LogP contribution in [0.2, 0.25) is 0 Å². The van der Waals surface area contributed by atoms with E-state index in [1.54, 1.807) is 0 Å². The van der Waals surface area contributed by atoms with E-state index < -0.39 is 15.8 Å². The number of benzene rings is 2. The molecule has 0 fully saturated rings. The second kappa shape index (κ2) is 6.39. The number of hydrogen-bond donors (Lipinski definition) is 0. The van der Waals surface area contributed by atoms with Gasteiger partial charge >= 0.3 is 0 Å². The molecule has 0 unspecified atom stereocenters. The zero-order valence-corrected chi connectivity index (χ0v) is 15.4. The van der Waals surface area contributed by atoms with Gasteiger partial charge in [-0.05, 0) is 36.4 Å². The minimum atomic E-state index is -3.76. The summed E-state index contributed by atoms with van der Waals surface area (Å²) in [5, 5.41) is 1.15. The Bertz CT molecular complexity index is 1190. The monoisotopic (exact) mass is 387 g/mol. The normalized spacial score (nSPS) is 12.3. The van der Waals surface area contributed by atoms with Crippen molar-refractivity contribution in [2.75, 3.05) is 7.05 Å². The number of sulfonamides is 1. The summed E-state index contributed by atoms with van der Waals surface area (Å²) in [5.74, 6) is -0.434. The molecule has 0 aliphatic heterocycles. The van der Waals surface area contributed by atoms with Crippen LogP contribution < -0.4 is 0 Å². The van der Waals surface area contributed by atoms with Gasteiger partial charge in [-0.3, -0.25) is 4.98 Å². The predicted molar refractivity (Wildman–Crippen MR) is 100.0 cm³/mol. The van der Waals surface area contributed by atoms with Crippen molar-refractivity contribution in [3.63, 3.8) is 0 Å². The van der Waals surface area contributed by atoms with E-state index in [1.807, 2.05) is 24.3 Å². The van der Waals surface area contributed by atoms with Crippen molar-refractivity contribution in [3.05, 3.63) is 65.6 Å². The molecule has 132 valence electrons. The fourth-order valence-corrected chi connectivity index (χ4v) is 4.88. The van der Waals surface area contributed by atoms with Crippen molar-refractivity contribution >= 4 is 42.5 Å². The highest BCUT2D eigenvalue weighted by molar-refractivity contribution is 7.89. The van der Waals surface area contributed by atoms with Crippen molar-refractivity contribution in [2.24, 2.45) is 0 Å². The van der Waals surface area contributed by atoms with Crippen LogP contribution in [0.15, 0.2) is 59.6 Å². The number of para-hydroxylation sites is 1. The van der Waals surface area contributed by atoms with E-state index in [1.165, 1.54) is 53.2 Å². The average Bonchev–Trinajstić information content (AvgIpc) is 3.03. The van der Waals surface area contributed by atoms with E-state index in [-0.39, 0.29) is 11.4 Å². The largest absolute Gasteiger partial charge is 0.255 e. The molecule has 0 N–H and O–H groups in total. The summed E-state index contributed by atoms with van der Waals surface area (Å²) in [6, 6.07) is 13.2. The summed E-state index contributed by atoms with van der Waals surface area (Å²) in [7, 11) is -2.27. The Morgan fingerprint density at radius 1 is 1.12 bits per heavy atom. The highest BCUT2D eigenvalue weighted by atomic mass is 32.2. The Kier molecular flexibility index (Phi) is 4.18. The average molecular weight is 387 g/mol. The zero-order chi connectivity index (χ0) is 18.3. The van der Waals surface area contributed by atoms with Crippen LogP contribution in [0.3, 0.4) is 0 Å². The predicted octanol–water partition coefficient (Wildman–Crippen LogP) is 3.80. The Labute approximate surface area is 153 Å². The van der Waals surface area contributed by atoms with Gasteiger partial charge in [-0.15, -0.1) is 11.3 Å². The molecule has 2 heterocycles. The Morgan fingerprint density at radius 2 is 1.92 bits per heavy atom. The van der Waals surface area contributed by atoms with Crippen molar-refractivity contribution in [1.82, 2.24) is 14.3 Å². The highest BCUT2D eigenvalue weighted by Gasteiger charge is 2.23. The Balaban J connectivity index is 1.66. The molecule has 2 aromatic heterocycles. The third kappa shape index (κ3) is 3.07. The third-order valence-corrected chi connectivity index (χ3v) is 6.81. The maximum Gasteiger partial charge on any atom is 0.244 e. The molecular formula is C18H14FN3O2S2. The molecule has 0 aliphatic rings. The summed E-state index contributed by atoms with van der Waals surface area (Å²) in [5.41, 5.74) is 1.39. The van der Waals surface area contributed by atoms with Crippen LogP contribution in [0.4, 0.5) is 4.39 Å². The van der Waals surface area contributed by atoms with E-state index in [0.717, 1.165) is 10.2 Å². The lowest BCUT2D eigenvalue weighted by molar-refractivity contribution is 0.466. The molecule has 0 spiro atoms. The Morgan fingerprint density at radius 3 is 2.73 bits per heavy atom. The van der Waals surface area contributed by atoms with Crippen LogP contribution in [0.25, 0.3) is 21.1 Å². The van der Waals surface area contributed by atoms with Crippen molar-refractivity contribution in [2.45, 2.75) is 11.4 Å². The lowest BCUT2D eigenvalue weighted by Gasteiger charge is -2.16. The van der Waals surface area contributed by atoms with Crippen LogP contribution >= 0.6 is 11.3 Å². The van der Waals surface area contributed by atoms with Crippen molar-refractivity contribution < 1.29 is 12.8 Å². The van der Waals surface area contributed by atoms with Crippen LogP contribution in [-0.4, -0.2) is 29.7 Å². The van der Waals surface area contributed by atoms with E-state index >= 15 is 0 Å². The van der Waals surface area contributed by atoms with Crippen LogP contribution in [0.5, 0.6) is 0 Å². The van der Waals surface area contributed by atoms with Gasteiger partial charge in [-0.25, -0.2) is 17.8 Å². The minimum absolute atomic E-state index is 0.0270. The highest BCUT2D eigenvalue weighted by Crippen LogP contribution is 2.25. The van der Waals surface area contributed by atoms with Crippen LogP contribution in [-0.2, 0) is 16.6 Å². The van der Waals surface area contributed by atoms with Gasteiger partial charge in [0.1, 0.15) is 15.7 Å². The summed E-state index contributed by atoms with van der Waals surface area (Å²) >= 11 is 1.46. The van der Waals surface area contributed by atoms with Gasteiger partial charge < -0.3 is 0 Å². The number of rotatable bonds is 4. The van der Waals surface area contributed by atoms with E-state index in [4.69, 9.17) is 0 Å². The number of nitrogens with zero attached hydrogens (tertiary/aromatic N) is 3. The topological polar surface area (TPSA) is 63.2 Å². The summed E-state index contributed by atoms with van der Waals surface area (Å²) in [4.78, 5) is 8.62. The summed E-state index contributed by atoms with van der Waals surface area (Å²) in [6.45, 7) is 0.156. The van der Waals surface area contributed by atoms with Gasteiger partial charge in [0.15, 0.2) is 0 Å². The first kappa shape index (κ1) is 17.0. The number of aromatic nitrogens is 2. The molecule has 8 heteroatoms. The SMILES string of the molecule is CN(Cc1nc2ccccc2s1)S(=O)(=O)c1cnc2ccc(F)cc2c1. The number of hydrogen-bond acceptors (Lipinski definition) is 5. The molecule has 5 nitrogen and oxygen atoms in total. The zero-order valence-electron chi connectivity index (χ0n) is 13.8. The lowest BCUT2D eigenvalue weighted by Crippen LogP contribution is -2.26. The van der Waals surface area contributed by atoms with Crippen molar-refractivity contribution in [1.29, 1.82) is 0 Å². The molecule has 4 rings (SSSR count). The second-order valence-corrected chi connectivity index (χ2v) is 9.00. The van der Waals surface area contributed by atoms with Gasteiger partial charge in [-0.2, -0.15) is 4.31 Å². The molecule has 0 amide bonds. The van der Waals surface area contributed by atoms with E-state index in [0.29, 0.717) is 15.9 Å². The first-order valence-corrected chi connectivity index (χ1v) is 10.1. The smallest absolute Gasteiger partial charge is 0.244 e. The molecule has 0 aliphatic carbocycles. The fraction of sp³-hybridized carbons (Fsp3) is 0.111. The first-order valence-electron chi connectivity index (χ1n) is 7.79. The minimum Gasteiger partial charge on any atom is -0.255 e. The second-order valence-electron chi connectivity index (χ2n) is 5.84. The fourth-order valence-electron chi connectivity index (χ4n) is 2.67. The third-order valence-electron chi connectivity index (χ3n) is 4.02. The van der Waals surface area contributed by atoms with E-state index in [2.05, 4.69) is 9.97 Å². The summed E-state index contributed by atoms with van der Waals surface area (Å²) in [6.07, 6.45) is 1.30. The maximum atomic E-state index is 13.4. The first-order chi connectivity index (χ1) is 12.4. The van der Waals surface area contributed by atoms with Gasteiger partial charge in [0.2, 0.25) is 10.0 Å². The molecule has 0 radical (unpaired) electrons. The van der Waals surface area contributed by atoms with E-state index in [9.17, 15) is 12.8 Å². The van der Waals surface area contributed by atoms with Gasteiger partial charge in [0, 0.05) is 18.6 Å². The van der Waals surface area contributed by atoms with Gasteiger partial charge in [0.25, 0.3) is 0 Å². The molecule has 2 aromatic carbocycles. The number of halogens is 1. The standard InChI is InChI=1S/C18H14FN3O2S2/c1-22(11-18-21-16-4-2-3-5-17(16)25-18)26(23,24)14-9-12-8-13(19)6-7-15(12)20-10-14/h2-10H,11H2,1H3. The quantitative estimate of drug-likeness (QED) is 0.534. The maximum absolute atomic E-state index is 13.4. The lowest BCUT2D eigenvalue weighted by atomic mass is 10.2. The molecule has 0 bridgehead atoms. The number of pyridine rings is 1.